The first-order valence-corrected chi connectivity index (χ1v) is 10.1. The van der Waals surface area contributed by atoms with Gasteiger partial charge in [0.25, 0.3) is 5.91 Å². The number of hydrogen-bond donors (Lipinski definition) is 1. The van der Waals surface area contributed by atoms with E-state index >= 15 is 0 Å². The van der Waals surface area contributed by atoms with Crippen LogP contribution in [-0.4, -0.2) is 22.5 Å². The average molecular weight is 411 g/mol. The molecule has 0 spiro atoms. The average Bonchev–Trinajstić information content (AvgIpc) is 3.45. The van der Waals surface area contributed by atoms with E-state index in [1.54, 1.807) is 0 Å². The Kier molecular flexibility index (Phi) is 5.10. The highest BCUT2D eigenvalue weighted by Crippen LogP contribution is 2.36. The predicted octanol–water partition coefficient (Wildman–Crippen LogP) is 4.26. The maximum atomic E-state index is 12.8. The second-order valence-electron chi connectivity index (χ2n) is 7.29. The Morgan fingerprint density at radius 3 is 2.35 bits per heavy atom. The van der Waals surface area contributed by atoms with Crippen LogP contribution < -0.4 is 14.8 Å². The molecule has 6 heteroatoms. The largest absolute Gasteiger partial charge is 0.454 e. The minimum Gasteiger partial charge on any atom is -0.454 e. The molecule has 1 aliphatic rings. The van der Waals surface area contributed by atoms with Gasteiger partial charge in [-0.2, -0.15) is 5.10 Å². The summed E-state index contributed by atoms with van der Waals surface area (Å²) >= 11 is 0. The van der Waals surface area contributed by atoms with Gasteiger partial charge in [-0.25, -0.2) is 0 Å². The molecule has 0 aliphatic carbocycles. The van der Waals surface area contributed by atoms with Crippen molar-refractivity contribution in [2.75, 3.05) is 6.79 Å². The van der Waals surface area contributed by atoms with E-state index in [0.717, 1.165) is 28.1 Å². The van der Waals surface area contributed by atoms with Crippen LogP contribution in [0.5, 0.6) is 11.5 Å². The number of hydrogen-bond acceptors (Lipinski definition) is 4. The summed E-state index contributed by atoms with van der Waals surface area (Å²) in [5.41, 5.74) is 4.26. The molecule has 0 fully saturated rings. The van der Waals surface area contributed by atoms with E-state index in [1.807, 2.05) is 89.6 Å². The molecular weight excluding hydrogens is 390 g/mol. The van der Waals surface area contributed by atoms with Gasteiger partial charge in [0.2, 0.25) is 6.79 Å². The van der Waals surface area contributed by atoms with Crippen molar-refractivity contribution in [1.29, 1.82) is 0 Å². The minimum atomic E-state index is -0.211. The summed E-state index contributed by atoms with van der Waals surface area (Å²) in [5, 5.41) is 7.57. The molecule has 6 nitrogen and oxygen atoms in total. The molecule has 0 bridgehead atoms. The lowest BCUT2D eigenvalue weighted by Gasteiger charge is -2.08. The number of carbonyl (C=O) groups excluding carboxylic acids is 1. The van der Waals surface area contributed by atoms with E-state index in [0.29, 0.717) is 24.5 Å². The lowest BCUT2D eigenvalue weighted by molar-refractivity contribution is 0.0945. The number of ether oxygens (including phenoxy) is 2. The van der Waals surface area contributed by atoms with Gasteiger partial charge in [0.15, 0.2) is 17.2 Å². The molecule has 31 heavy (non-hydrogen) atoms. The normalized spacial score (nSPS) is 12.0. The fourth-order valence-electron chi connectivity index (χ4n) is 3.56. The Bertz CT molecular complexity index is 1200. The van der Waals surface area contributed by atoms with Crippen molar-refractivity contribution in [3.8, 4) is 22.8 Å². The highest BCUT2D eigenvalue weighted by molar-refractivity contribution is 5.93. The van der Waals surface area contributed by atoms with Gasteiger partial charge in [-0.1, -0.05) is 60.7 Å². The first-order valence-electron chi connectivity index (χ1n) is 10.1. The van der Waals surface area contributed by atoms with Crippen LogP contribution in [-0.2, 0) is 13.1 Å². The monoisotopic (exact) mass is 411 g/mol. The lowest BCUT2D eigenvalue weighted by atomic mass is 10.1. The van der Waals surface area contributed by atoms with Gasteiger partial charge in [-0.15, -0.1) is 0 Å². The predicted molar refractivity (Wildman–Crippen MR) is 117 cm³/mol. The molecule has 3 aromatic carbocycles. The van der Waals surface area contributed by atoms with Crippen molar-refractivity contribution in [3.63, 3.8) is 0 Å². The van der Waals surface area contributed by atoms with Crippen LogP contribution in [0.15, 0.2) is 84.9 Å². The van der Waals surface area contributed by atoms with E-state index in [1.165, 1.54) is 0 Å². The molecule has 5 rings (SSSR count). The quantitative estimate of drug-likeness (QED) is 0.515. The molecule has 0 saturated heterocycles. The zero-order valence-electron chi connectivity index (χ0n) is 16.8. The Balaban J connectivity index is 1.45. The summed E-state index contributed by atoms with van der Waals surface area (Å²) in [7, 11) is 0. The summed E-state index contributed by atoms with van der Waals surface area (Å²) < 4.78 is 12.8. The molecule has 0 radical (unpaired) electrons. The van der Waals surface area contributed by atoms with E-state index in [2.05, 4.69) is 10.4 Å². The van der Waals surface area contributed by atoms with Crippen LogP contribution in [0.3, 0.4) is 0 Å². The third-order valence-electron chi connectivity index (χ3n) is 5.15. The SMILES string of the molecule is O=C(NCc1ccccc1)c1cc(-c2ccc3c(c2)OCO3)n(Cc2ccccc2)n1. The number of nitrogens with one attached hydrogen (secondary N) is 1. The van der Waals surface area contributed by atoms with Crippen molar-refractivity contribution >= 4 is 5.91 Å². The molecule has 1 amide bonds. The molecule has 4 aromatic rings. The van der Waals surface area contributed by atoms with Crippen LogP contribution in [0.25, 0.3) is 11.3 Å². The Morgan fingerprint density at radius 2 is 1.58 bits per heavy atom. The van der Waals surface area contributed by atoms with E-state index < -0.39 is 0 Å². The smallest absolute Gasteiger partial charge is 0.272 e. The zero-order valence-corrected chi connectivity index (χ0v) is 16.8. The standard InChI is InChI=1S/C25H21N3O3/c29-25(26-15-18-7-3-1-4-8-18)21-14-22(20-11-12-23-24(13-20)31-17-30-23)28(27-21)16-19-9-5-2-6-10-19/h1-14H,15-17H2,(H,26,29). The summed E-state index contributed by atoms with van der Waals surface area (Å²) in [6.45, 7) is 1.22. The minimum absolute atomic E-state index is 0.211. The molecule has 0 atom stereocenters. The summed E-state index contributed by atoms with van der Waals surface area (Å²) in [6, 6.07) is 27.4. The maximum Gasteiger partial charge on any atom is 0.272 e. The molecule has 154 valence electrons. The van der Waals surface area contributed by atoms with Crippen LogP contribution >= 0.6 is 0 Å². The first-order chi connectivity index (χ1) is 15.3. The van der Waals surface area contributed by atoms with Gasteiger partial charge < -0.3 is 14.8 Å². The fourth-order valence-corrected chi connectivity index (χ4v) is 3.56. The van der Waals surface area contributed by atoms with Crippen LogP contribution in [0.1, 0.15) is 21.6 Å². The Hall–Kier alpha value is -4.06. The van der Waals surface area contributed by atoms with Gasteiger partial charge >= 0.3 is 0 Å². The zero-order chi connectivity index (χ0) is 21.0. The third kappa shape index (κ3) is 4.14. The van der Waals surface area contributed by atoms with Crippen molar-refractivity contribution in [2.45, 2.75) is 13.1 Å². The Morgan fingerprint density at radius 1 is 0.871 bits per heavy atom. The van der Waals surface area contributed by atoms with E-state index in [9.17, 15) is 4.79 Å². The summed E-state index contributed by atoms with van der Waals surface area (Å²) in [5.74, 6) is 1.21. The third-order valence-corrected chi connectivity index (χ3v) is 5.15. The second kappa shape index (κ2) is 8.36. The summed E-state index contributed by atoms with van der Waals surface area (Å²) in [6.07, 6.45) is 0. The van der Waals surface area contributed by atoms with Gasteiger partial charge in [0.1, 0.15) is 0 Å². The van der Waals surface area contributed by atoms with Crippen molar-refractivity contribution in [2.24, 2.45) is 0 Å². The highest BCUT2D eigenvalue weighted by atomic mass is 16.7. The van der Waals surface area contributed by atoms with Crippen LogP contribution in [0.2, 0.25) is 0 Å². The number of benzene rings is 3. The number of rotatable bonds is 6. The van der Waals surface area contributed by atoms with Gasteiger partial charge in [-0.3, -0.25) is 9.48 Å². The van der Waals surface area contributed by atoms with Crippen molar-refractivity contribution < 1.29 is 14.3 Å². The van der Waals surface area contributed by atoms with Gasteiger partial charge in [-0.05, 0) is 35.4 Å². The number of nitrogens with zero attached hydrogens (tertiary/aromatic N) is 2. The molecule has 0 unspecified atom stereocenters. The molecule has 0 saturated carbocycles. The molecule has 1 N–H and O–H groups in total. The van der Waals surface area contributed by atoms with Crippen molar-refractivity contribution in [3.05, 3.63) is 102 Å². The first kappa shape index (κ1) is 18.9. The van der Waals surface area contributed by atoms with E-state index in [4.69, 9.17) is 9.47 Å². The number of amides is 1. The van der Waals surface area contributed by atoms with Crippen LogP contribution in [0.4, 0.5) is 0 Å². The molecule has 1 aliphatic heterocycles. The Labute approximate surface area is 180 Å². The fraction of sp³-hybridized carbons (Fsp3) is 0.120. The molecular formula is C25H21N3O3. The van der Waals surface area contributed by atoms with Gasteiger partial charge in [0.05, 0.1) is 12.2 Å². The molecule has 1 aromatic heterocycles. The number of carbonyl (C=O) groups is 1. The van der Waals surface area contributed by atoms with Gasteiger partial charge in [0, 0.05) is 12.1 Å². The van der Waals surface area contributed by atoms with E-state index in [-0.39, 0.29) is 12.7 Å². The highest BCUT2D eigenvalue weighted by Gasteiger charge is 2.19. The van der Waals surface area contributed by atoms with Crippen LogP contribution in [0, 0.1) is 0 Å². The lowest BCUT2D eigenvalue weighted by Crippen LogP contribution is -2.23. The summed E-state index contributed by atoms with van der Waals surface area (Å²) in [4.78, 5) is 12.8. The molecule has 2 heterocycles. The topological polar surface area (TPSA) is 65.4 Å². The number of fused-ring (bicyclic) bond motifs is 1. The number of aromatic nitrogens is 2. The maximum absolute atomic E-state index is 12.8. The van der Waals surface area contributed by atoms with Crippen molar-refractivity contribution in [1.82, 2.24) is 15.1 Å². The second-order valence-corrected chi connectivity index (χ2v) is 7.29.